The van der Waals surface area contributed by atoms with E-state index in [-0.39, 0.29) is 11.9 Å². The normalized spacial score (nSPS) is 24.1. The lowest BCUT2D eigenvalue weighted by Crippen LogP contribution is -2.46. The first-order valence-corrected chi connectivity index (χ1v) is 6.34. The van der Waals surface area contributed by atoms with Crippen LogP contribution in [0.2, 0.25) is 0 Å². The van der Waals surface area contributed by atoms with Gasteiger partial charge in [-0.05, 0) is 13.0 Å². The van der Waals surface area contributed by atoms with Crippen molar-refractivity contribution in [2.45, 2.75) is 19.9 Å². The van der Waals surface area contributed by atoms with Crippen molar-refractivity contribution >= 4 is 17.7 Å². The summed E-state index contributed by atoms with van der Waals surface area (Å²) >= 11 is 1.86. The number of hydrogen-bond donors (Lipinski definition) is 1. The average Bonchev–Trinajstić information content (AvgIpc) is 2.29. The number of likely N-dealkylation sites (N-methyl/N-ethyl adjacent to an activating group) is 1. The maximum absolute atomic E-state index is 12.0. The van der Waals surface area contributed by atoms with Gasteiger partial charge in [-0.1, -0.05) is 13.8 Å². The van der Waals surface area contributed by atoms with E-state index in [0.717, 1.165) is 24.6 Å². The molecular formula is C10H20N2OS. The van der Waals surface area contributed by atoms with Crippen LogP contribution in [-0.4, -0.2) is 48.5 Å². The minimum absolute atomic E-state index is 0.0150. The molecule has 1 atom stereocenters. The summed E-state index contributed by atoms with van der Waals surface area (Å²) in [7, 11) is 1.86. The van der Waals surface area contributed by atoms with Crippen molar-refractivity contribution in [3.8, 4) is 0 Å². The summed E-state index contributed by atoms with van der Waals surface area (Å²) in [6.07, 6.45) is 0. The molecule has 82 valence electrons. The summed E-state index contributed by atoms with van der Waals surface area (Å²) in [6, 6.07) is 0.0150. The second-order valence-corrected chi connectivity index (χ2v) is 5.24. The molecule has 1 fully saturated rings. The number of nitrogens with zero attached hydrogens (tertiary/aromatic N) is 1. The minimum atomic E-state index is 0.0150. The highest BCUT2D eigenvalue weighted by atomic mass is 32.2. The second-order valence-electron chi connectivity index (χ2n) is 4.09. The van der Waals surface area contributed by atoms with E-state index in [9.17, 15) is 4.79 Å². The van der Waals surface area contributed by atoms with Gasteiger partial charge in [-0.2, -0.15) is 11.8 Å². The van der Waals surface area contributed by atoms with Crippen LogP contribution in [0.15, 0.2) is 0 Å². The Labute approximate surface area is 90.6 Å². The lowest BCUT2D eigenvalue weighted by atomic mass is 10.2. The molecule has 0 bridgehead atoms. The Kier molecular flexibility index (Phi) is 4.75. The largest absolute Gasteiger partial charge is 0.340 e. The number of nitrogens with one attached hydrogen (secondary N) is 1. The Morgan fingerprint density at radius 2 is 2.36 bits per heavy atom. The van der Waals surface area contributed by atoms with Crippen LogP contribution in [0, 0.1) is 5.92 Å². The van der Waals surface area contributed by atoms with Gasteiger partial charge >= 0.3 is 0 Å². The highest BCUT2D eigenvalue weighted by molar-refractivity contribution is 7.99. The van der Waals surface area contributed by atoms with Crippen LogP contribution in [-0.2, 0) is 4.79 Å². The van der Waals surface area contributed by atoms with Crippen molar-refractivity contribution in [3.05, 3.63) is 0 Å². The molecule has 0 spiro atoms. The highest BCUT2D eigenvalue weighted by Gasteiger charge is 2.25. The van der Waals surface area contributed by atoms with E-state index in [1.165, 1.54) is 0 Å². The number of carbonyl (C=O) groups excluding carboxylic acids is 1. The van der Waals surface area contributed by atoms with Crippen molar-refractivity contribution in [2.75, 3.05) is 31.6 Å². The van der Waals surface area contributed by atoms with Gasteiger partial charge in [0.05, 0.1) is 6.04 Å². The molecule has 0 aromatic carbocycles. The summed E-state index contributed by atoms with van der Waals surface area (Å²) in [6.45, 7) is 6.09. The van der Waals surface area contributed by atoms with Gasteiger partial charge in [-0.3, -0.25) is 4.79 Å². The first-order valence-electron chi connectivity index (χ1n) is 5.19. The maximum Gasteiger partial charge on any atom is 0.240 e. The Balaban J connectivity index is 2.58. The molecule has 0 radical (unpaired) electrons. The smallest absolute Gasteiger partial charge is 0.240 e. The van der Waals surface area contributed by atoms with Crippen molar-refractivity contribution in [1.82, 2.24) is 10.2 Å². The van der Waals surface area contributed by atoms with Crippen LogP contribution >= 0.6 is 11.8 Å². The predicted molar refractivity (Wildman–Crippen MR) is 61.6 cm³/mol. The number of carbonyl (C=O) groups is 1. The molecule has 0 aliphatic carbocycles. The van der Waals surface area contributed by atoms with Gasteiger partial charge in [0.25, 0.3) is 0 Å². The van der Waals surface area contributed by atoms with Crippen LogP contribution < -0.4 is 5.32 Å². The van der Waals surface area contributed by atoms with E-state index in [4.69, 9.17) is 0 Å². The van der Waals surface area contributed by atoms with Gasteiger partial charge in [0.15, 0.2) is 0 Å². The molecule has 1 rings (SSSR count). The van der Waals surface area contributed by atoms with E-state index in [0.29, 0.717) is 5.92 Å². The molecule has 1 unspecified atom stereocenters. The zero-order valence-corrected chi connectivity index (χ0v) is 10.1. The highest BCUT2D eigenvalue weighted by Crippen LogP contribution is 2.13. The van der Waals surface area contributed by atoms with E-state index in [1.54, 1.807) is 0 Å². The quantitative estimate of drug-likeness (QED) is 0.757. The van der Waals surface area contributed by atoms with Crippen LogP contribution in [0.3, 0.4) is 0 Å². The van der Waals surface area contributed by atoms with Gasteiger partial charge in [-0.15, -0.1) is 0 Å². The van der Waals surface area contributed by atoms with Gasteiger partial charge in [0.2, 0.25) is 5.91 Å². The molecule has 14 heavy (non-hydrogen) atoms. The van der Waals surface area contributed by atoms with Crippen LogP contribution in [0.5, 0.6) is 0 Å². The third kappa shape index (κ3) is 3.17. The fourth-order valence-electron chi connectivity index (χ4n) is 1.61. The van der Waals surface area contributed by atoms with Gasteiger partial charge in [0, 0.05) is 24.6 Å². The molecule has 1 amide bonds. The maximum atomic E-state index is 12.0. The predicted octanol–water partition coefficient (Wildman–Crippen LogP) is 0.806. The molecular weight excluding hydrogens is 196 g/mol. The van der Waals surface area contributed by atoms with Crippen molar-refractivity contribution in [2.24, 2.45) is 5.92 Å². The van der Waals surface area contributed by atoms with Gasteiger partial charge in [0.1, 0.15) is 0 Å². The number of thioether (sulfide) groups is 1. The van der Waals surface area contributed by atoms with E-state index >= 15 is 0 Å². The lowest BCUT2D eigenvalue weighted by molar-refractivity contribution is -0.132. The number of amides is 1. The first kappa shape index (κ1) is 11.9. The molecule has 1 saturated heterocycles. The monoisotopic (exact) mass is 216 g/mol. The summed E-state index contributed by atoms with van der Waals surface area (Å²) in [5, 5.41) is 3.08. The molecule has 1 N–H and O–H groups in total. The second kappa shape index (κ2) is 5.61. The molecule has 0 aromatic rings. The fourth-order valence-corrected chi connectivity index (χ4v) is 2.67. The van der Waals surface area contributed by atoms with Crippen molar-refractivity contribution in [3.63, 3.8) is 0 Å². The molecule has 1 aliphatic heterocycles. The van der Waals surface area contributed by atoms with Crippen molar-refractivity contribution in [1.29, 1.82) is 0 Å². The van der Waals surface area contributed by atoms with Gasteiger partial charge in [-0.25, -0.2) is 0 Å². The third-order valence-corrected chi connectivity index (χ3v) is 3.37. The van der Waals surface area contributed by atoms with Crippen LogP contribution in [0.25, 0.3) is 0 Å². The topological polar surface area (TPSA) is 32.3 Å². The Morgan fingerprint density at radius 3 is 2.93 bits per heavy atom. The number of hydrogen-bond acceptors (Lipinski definition) is 3. The third-order valence-electron chi connectivity index (χ3n) is 2.33. The Hall–Kier alpha value is -0.220. The Bertz CT molecular complexity index is 197. The molecule has 0 saturated carbocycles. The van der Waals surface area contributed by atoms with E-state index in [2.05, 4.69) is 19.2 Å². The molecule has 1 aliphatic rings. The number of rotatable bonds is 3. The zero-order valence-electron chi connectivity index (χ0n) is 9.25. The summed E-state index contributed by atoms with van der Waals surface area (Å²) in [5.74, 6) is 2.80. The van der Waals surface area contributed by atoms with E-state index < -0.39 is 0 Å². The molecule has 4 heteroatoms. The summed E-state index contributed by atoms with van der Waals surface area (Å²) in [4.78, 5) is 14.0. The van der Waals surface area contributed by atoms with E-state index in [1.807, 2.05) is 23.7 Å². The zero-order chi connectivity index (χ0) is 10.6. The van der Waals surface area contributed by atoms with Crippen LogP contribution in [0.1, 0.15) is 13.8 Å². The van der Waals surface area contributed by atoms with Gasteiger partial charge < -0.3 is 10.2 Å². The molecule has 3 nitrogen and oxygen atoms in total. The standard InChI is InChI=1S/C10H20N2OS/c1-8(2)6-12-4-5-14-7-9(11-3)10(12)13/h8-9,11H,4-7H2,1-3H3. The molecule has 0 aromatic heterocycles. The van der Waals surface area contributed by atoms with Crippen LogP contribution in [0.4, 0.5) is 0 Å². The minimum Gasteiger partial charge on any atom is -0.340 e. The average molecular weight is 216 g/mol. The summed E-state index contributed by atoms with van der Waals surface area (Å²) in [5.41, 5.74) is 0. The Morgan fingerprint density at radius 1 is 1.64 bits per heavy atom. The summed E-state index contributed by atoms with van der Waals surface area (Å²) < 4.78 is 0. The first-order chi connectivity index (χ1) is 6.65. The van der Waals surface area contributed by atoms with Crippen molar-refractivity contribution < 1.29 is 4.79 Å². The lowest BCUT2D eigenvalue weighted by Gasteiger charge is -2.25. The molecule has 1 heterocycles. The SMILES string of the molecule is CNC1CSCCN(CC(C)C)C1=O. The fraction of sp³-hybridized carbons (Fsp3) is 0.900.